The van der Waals surface area contributed by atoms with Crippen molar-refractivity contribution in [3.05, 3.63) is 23.6 Å². The number of pyridine rings is 1. The van der Waals surface area contributed by atoms with E-state index in [0.29, 0.717) is 17.9 Å². The third kappa shape index (κ3) is 3.45. The maximum Gasteiger partial charge on any atom is 0.141 e. The van der Waals surface area contributed by atoms with Crippen LogP contribution in [0.2, 0.25) is 0 Å². The van der Waals surface area contributed by atoms with E-state index >= 15 is 0 Å². The second-order valence-electron chi connectivity index (χ2n) is 3.29. The molecule has 0 aliphatic rings. The Morgan fingerprint density at radius 1 is 1.67 bits per heavy atom. The van der Waals surface area contributed by atoms with Crippen LogP contribution in [-0.4, -0.2) is 24.7 Å². The Balaban J connectivity index is 2.67. The summed E-state index contributed by atoms with van der Waals surface area (Å²) < 4.78 is 17.9. The van der Waals surface area contributed by atoms with Gasteiger partial charge < -0.3 is 15.8 Å². The number of aromatic nitrogens is 1. The molecule has 0 aliphatic carbocycles. The van der Waals surface area contributed by atoms with Gasteiger partial charge >= 0.3 is 0 Å². The number of nitrogens with two attached hydrogens (primary N) is 1. The lowest BCUT2D eigenvalue weighted by Crippen LogP contribution is -2.20. The molecule has 1 rings (SSSR count). The number of hydrogen-bond acceptors (Lipinski definition) is 4. The van der Waals surface area contributed by atoms with Crippen molar-refractivity contribution in [2.75, 3.05) is 19.0 Å². The summed E-state index contributed by atoms with van der Waals surface area (Å²) >= 11 is 0. The molecule has 1 aromatic rings. The molecule has 0 saturated heterocycles. The van der Waals surface area contributed by atoms with Gasteiger partial charge in [0.05, 0.1) is 12.3 Å². The van der Waals surface area contributed by atoms with E-state index in [9.17, 15) is 4.39 Å². The third-order valence-electron chi connectivity index (χ3n) is 2.11. The predicted octanol–water partition coefficient (Wildman–Crippen LogP) is 1.13. The monoisotopic (exact) mass is 213 g/mol. The Kier molecular flexibility index (Phi) is 4.45. The summed E-state index contributed by atoms with van der Waals surface area (Å²) in [4.78, 5) is 3.93. The quantitative estimate of drug-likeness (QED) is 0.769. The summed E-state index contributed by atoms with van der Waals surface area (Å²) in [6.45, 7) is 2.80. The number of ether oxygens (including phenoxy) is 1. The van der Waals surface area contributed by atoms with Gasteiger partial charge in [0.1, 0.15) is 11.6 Å². The van der Waals surface area contributed by atoms with Crippen LogP contribution in [0.1, 0.15) is 12.5 Å². The first-order valence-corrected chi connectivity index (χ1v) is 4.78. The molecule has 1 heterocycles. The van der Waals surface area contributed by atoms with Gasteiger partial charge in [0.2, 0.25) is 0 Å². The standard InChI is InChI=1S/C10H16FN3O/c1-7(15-2)5-13-10-8(4-12)3-9(11)6-14-10/h3,6-7H,4-5,12H2,1-2H3,(H,13,14). The average Bonchev–Trinajstić information content (AvgIpc) is 2.26. The molecule has 84 valence electrons. The molecule has 0 aliphatic heterocycles. The first kappa shape index (κ1) is 11.9. The maximum atomic E-state index is 12.8. The fraction of sp³-hybridized carbons (Fsp3) is 0.500. The van der Waals surface area contributed by atoms with Crippen molar-refractivity contribution >= 4 is 5.82 Å². The summed E-state index contributed by atoms with van der Waals surface area (Å²) in [5.41, 5.74) is 6.15. The molecule has 4 nitrogen and oxygen atoms in total. The smallest absolute Gasteiger partial charge is 0.141 e. The highest BCUT2D eigenvalue weighted by molar-refractivity contribution is 5.43. The first-order chi connectivity index (χ1) is 7.17. The fourth-order valence-corrected chi connectivity index (χ4v) is 1.12. The fourth-order valence-electron chi connectivity index (χ4n) is 1.12. The van der Waals surface area contributed by atoms with Crippen LogP contribution in [0, 0.1) is 5.82 Å². The van der Waals surface area contributed by atoms with Crippen LogP contribution in [0.15, 0.2) is 12.3 Å². The van der Waals surface area contributed by atoms with E-state index in [1.807, 2.05) is 6.92 Å². The number of nitrogens with one attached hydrogen (secondary N) is 1. The van der Waals surface area contributed by atoms with Crippen molar-refractivity contribution in [2.45, 2.75) is 19.6 Å². The van der Waals surface area contributed by atoms with Crippen molar-refractivity contribution in [3.63, 3.8) is 0 Å². The number of nitrogens with zero attached hydrogens (tertiary/aromatic N) is 1. The minimum atomic E-state index is -0.374. The molecule has 0 saturated carbocycles. The molecule has 0 radical (unpaired) electrons. The Hall–Kier alpha value is -1.20. The number of anilines is 1. The van der Waals surface area contributed by atoms with Crippen LogP contribution in [0.4, 0.5) is 10.2 Å². The first-order valence-electron chi connectivity index (χ1n) is 4.78. The molecule has 1 unspecified atom stereocenters. The Morgan fingerprint density at radius 3 is 3.00 bits per heavy atom. The molecule has 5 heteroatoms. The van der Waals surface area contributed by atoms with Crippen molar-refractivity contribution in [3.8, 4) is 0 Å². The van der Waals surface area contributed by atoms with Crippen LogP contribution in [0.3, 0.4) is 0 Å². The maximum absolute atomic E-state index is 12.8. The number of rotatable bonds is 5. The second kappa shape index (κ2) is 5.63. The van der Waals surface area contributed by atoms with Gasteiger partial charge in [-0.2, -0.15) is 0 Å². The lowest BCUT2D eigenvalue weighted by atomic mass is 10.2. The normalized spacial score (nSPS) is 12.5. The van der Waals surface area contributed by atoms with Crippen LogP contribution >= 0.6 is 0 Å². The van der Waals surface area contributed by atoms with Crippen LogP contribution < -0.4 is 11.1 Å². The number of hydrogen-bond donors (Lipinski definition) is 2. The Labute approximate surface area is 88.6 Å². The molecular formula is C10H16FN3O. The van der Waals surface area contributed by atoms with E-state index < -0.39 is 0 Å². The molecule has 0 spiro atoms. The number of halogens is 1. The summed E-state index contributed by atoms with van der Waals surface area (Å²) in [6.07, 6.45) is 1.24. The van der Waals surface area contributed by atoms with E-state index in [2.05, 4.69) is 10.3 Å². The average molecular weight is 213 g/mol. The summed E-state index contributed by atoms with van der Waals surface area (Å²) in [5, 5.41) is 3.06. The van der Waals surface area contributed by atoms with E-state index in [1.165, 1.54) is 12.3 Å². The van der Waals surface area contributed by atoms with Crippen molar-refractivity contribution in [1.29, 1.82) is 0 Å². The second-order valence-corrected chi connectivity index (χ2v) is 3.29. The van der Waals surface area contributed by atoms with Crippen LogP contribution in [-0.2, 0) is 11.3 Å². The van der Waals surface area contributed by atoms with E-state index in [-0.39, 0.29) is 18.5 Å². The highest BCUT2D eigenvalue weighted by Gasteiger charge is 2.05. The van der Waals surface area contributed by atoms with Gasteiger partial charge in [-0.05, 0) is 13.0 Å². The van der Waals surface area contributed by atoms with Crippen molar-refractivity contribution in [1.82, 2.24) is 4.98 Å². The van der Waals surface area contributed by atoms with Gasteiger partial charge in [-0.1, -0.05) is 0 Å². The third-order valence-corrected chi connectivity index (χ3v) is 2.11. The zero-order valence-corrected chi connectivity index (χ0v) is 8.96. The van der Waals surface area contributed by atoms with Crippen molar-refractivity contribution < 1.29 is 9.13 Å². The molecule has 0 fully saturated rings. The predicted molar refractivity (Wildman–Crippen MR) is 57.0 cm³/mol. The van der Waals surface area contributed by atoms with Crippen molar-refractivity contribution in [2.24, 2.45) is 5.73 Å². The van der Waals surface area contributed by atoms with Gasteiger partial charge in [0, 0.05) is 25.8 Å². The summed E-state index contributed by atoms with van der Waals surface area (Å²) in [7, 11) is 1.63. The SMILES string of the molecule is COC(C)CNc1ncc(F)cc1CN. The van der Waals surface area contributed by atoms with E-state index in [0.717, 1.165) is 0 Å². The summed E-state index contributed by atoms with van der Waals surface area (Å²) in [5.74, 6) is 0.239. The zero-order chi connectivity index (χ0) is 11.3. The Bertz CT molecular complexity index is 320. The molecule has 1 atom stereocenters. The topological polar surface area (TPSA) is 60.2 Å². The van der Waals surface area contributed by atoms with Crippen LogP contribution in [0.25, 0.3) is 0 Å². The van der Waals surface area contributed by atoms with Gasteiger partial charge in [-0.25, -0.2) is 9.37 Å². The molecule has 0 amide bonds. The van der Waals surface area contributed by atoms with Gasteiger partial charge in [-0.15, -0.1) is 0 Å². The molecule has 1 aromatic heterocycles. The molecule has 15 heavy (non-hydrogen) atoms. The minimum absolute atomic E-state index is 0.0717. The molecule has 0 bridgehead atoms. The minimum Gasteiger partial charge on any atom is -0.380 e. The summed E-state index contributed by atoms with van der Waals surface area (Å²) in [6, 6.07) is 1.38. The Morgan fingerprint density at radius 2 is 2.40 bits per heavy atom. The zero-order valence-electron chi connectivity index (χ0n) is 8.96. The molecule has 3 N–H and O–H groups in total. The van der Waals surface area contributed by atoms with E-state index in [1.54, 1.807) is 7.11 Å². The van der Waals surface area contributed by atoms with Crippen LogP contribution in [0.5, 0.6) is 0 Å². The lowest BCUT2D eigenvalue weighted by molar-refractivity contribution is 0.128. The highest BCUT2D eigenvalue weighted by Crippen LogP contribution is 2.12. The van der Waals surface area contributed by atoms with Gasteiger partial charge in [-0.3, -0.25) is 0 Å². The highest BCUT2D eigenvalue weighted by atomic mass is 19.1. The lowest BCUT2D eigenvalue weighted by Gasteiger charge is -2.13. The largest absolute Gasteiger partial charge is 0.380 e. The molecule has 0 aromatic carbocycles. The van der Waals surface area contributed by atoms with Gasteiger partial charge in [0.25, 0.3) is 0 Å². The molecular weight excluding hydrogens is 197 g/mol. The number of methoxy groups -OCH3 is 1. The van der Waals surface area contributed by atoms with E-state index in [4.69, 9.17) is 10.5 Å². The van der Waals surface area contributed by atoms with Gasteiger partial charge in [0.15, 0.2) is 0 Å².